The minimum Gasteiger partial charge on any atom is -0.389 e. The fourth-order valence-corrected chi connectivity index (χ4v) is 2.12. The van der Waals surface area contributed by atoms with Crippen LogP contribution < -0.4 is 5.73 Å². The Hall–Kier alpha value is -0.930. The smallest absolute Gasteiger partial charge is 0.104 e. The summed E-state index contributed by atoms with van der Waals surface area (Å²) in [6.07, 6.45) is 1.16. The van der Waals surface area contributed by atoms with Gasteiger partial charge >= 0.3 is 0 Å². The Morgan fingerprint density at radius 3 is 2.53 bits per heavy atom. The minimum absolute atomic E-state index is 0.487. The minimum atomic E-state index is 0.487. The monoisotopic (exact) mass is 250 g/mol. The summed E-state index contributed by atoms with van der Waals surface area (Å²) in [6.45, 7) is 8.66. The molecule has 0 radical (unpaired) electrons. The van der Waals surface area contributed by atoms with Gasteiger partial charge in [0.1, 0.15) is 4.99 Å². The number of hydrogen-bond donors (Lipinski definition) is 1. The Labute approximate surface area is 110 Å². The summed E-state index contributed by atoms with van der Waals surface area (Å²) in [5, 5.41) is 0. The third-order valence-electron chi connectivity index (χ3n) is 2.90. The SMILES string of the molecule is CCCN(Cc1ccccc1C(N)=S)C(C)C. The van der Waals surface area contributed by atoms with Crippen LogP contribution in [0.1, 0.15) is 38.3 Å². The molecule has 0 spiro atoms. The molecule has 0 saturated carbocycles. The van der Waals surface area contributed by atoms with Crippen molar-refractivity contribution < 1.29 is 0 Å². The molecule has 0 fully saturated rings. The van der Waals surface area contributed by atoms with Crippen LogP contribution in [-0.4, -0.2) is 22.5 Å². The van der Waals surface area contributed by atoms with E-state index in [0.29, 0.717) is 11.0 Å². The quantitative estimate of drug-likeness (QED) is 0.787. The second-order valence-electron chi connectivity index (χ2n) is 4.59. The largest absolute Gasteiger partial charge is 0.389 e. The van der Waals surface area contributed by atoms with Gasteiger partial charge in [0.2, 0.25) is 0 Å². The molecule has 0 aliphatic rings. The normalized spacial score (nSPS) is 11.1. The maximum absolute atomic E-state index is 5.75. The first kappa shape index (κ1) is 14.1. The number of benzene rings is 1. The van der Waals surface area contributed by atoms with Crippen LogP contribution in [0.4, 0.5) is 0 Å². The summed E-state index contributed by atoms with van der Waals surface area (Å²) in [5.41, 5.74) is 7.98. The van der Waals surface area contributed by atoms with E-state index in [0.717, 1.165) is 25.1 Å². The molecule has 0 atom stereocenters. The Bertz CT molecular complexity index is 374. The van der Waals surface area contributed by atoms with Crippen LogP contribution in [0.5, 0.6) is 0 Å². The van der Waals surface area contributed by atoms with Crippen molar-refractivity contribution in [3.05, 3.63) is 35.4 Å². The molecule has 17 heavy (non-hydrogen) atoms. The van der Waals surface area contributed by atoms with Gasteiger partial charge in [-0.2, -0.15) is 0 Å². The van der Waals surface area contributed by atoms with Gasteiger partial charge < -0.3 is 5.73 Å². The van der Waals surface area contributed by atoms with Gasteiger partial charge in [0.25, 0.3) is 0 Å². The van der Waals surface area contributed by atoms with E-state index in [4.69, 9.17) is 18.0 Å². The van der Waals surface area contributed by atoms with Crippen molar-refractivity contribution in [1.82, 2.24) is 4.90 Å². The molecule has 2 nitrogen and oxygen atoms in total. The zero-order chi connectivity index (χ0) is 12.8. The molecular weight excluding hydrogens is 228 g/mol. The lowest BCUT2D eigenvalue weighted by Crippen LogP contribution is -2.31. The van der Waals surface area contributed by atoms with Crippen LogP contribution in [0.2, 0.25) is 0 Å². The predicted octanol–water partition coefficient (Wildman–Crippen LogP) is 2.94. The fraction of sp³-hybridized carbons (Fsp3) is 0.500. The summed E-state index contributed by atoms with van der Waals surface area (Å²) in [6, 6.07) is 8.68. The van der Waals surface area contributed by atoms with Gasteiger partial charge in [-0.1, -0.05) is 43.4 Å². The molecule has 0 aliphatic carbocycles. The molecule has 1 aromatic carbocycles. The van der Waals surface area contributed by atoms with Crippen LogP contribution >= 0.6 is 12.2 Å². The molecule has 0 heterocycles. The van der Waals surface area contributed by atoms with Gasteiger partial charge in [0.15, 0.2) is 0 Å². The summed E-state index contributed by atoms with van der Waals surface area (Å²) in [5.74, 6) is 0. The molecule has 0 bridgehead atoms. The summed E-state index contributed by atoms with van der Waals surface area (Å²) in [4.78, 5) is 2.93. The van der Waals surface area contributed by atoms with E-state index in [1.165, 1.54) is 5.56 Å². The summed E-state index contributed by atoms with van der Waals surface area (Å²) in [7, 11) is 0. The number of hydrogen-bond acceptors (Lipinski definition) is 2. The van der Waals surface area contributed by atoms with Crippen molar-refractivity contribution in [3.63, 3.8) is 0 Å². The highest BCUT2D eigenvalue weighted by Crippen LogP contribution is 2.14. The van der Waals surface area contributed by atoms with Crippen molar-refractivity contribution in [1.29, 1.82) is 0 Å². The van der Waals surface area contributed by atoms with E-state index in [1.807, 2.05) is 18.2 Å². The van der Waals surface area contributed by atoms with Gasteiger partial charge in [-0.3, -0.25) is 4.90 Å². The highest BCUT2D eigenvalue weighted by atomic mass is 32.1. The van der Waals surface area contributed by atoms with Crippen molar-refractivity contribution >= 4 is 17.2 Å². The molecule has 0 amide bonds. The molecule has 2 N–H and O–H groups in total. The lowest BCUT2D eigenvalue weighted by molar-refractivity contribution is 0.213. The van der Waals surface area contributed by atoms with Crippen LogP contribution in [0.3, 0.4) is 0 Å². The molecular formula is C14H22N2S. The summed E-state index contributed by atoms with van der Waals surface area (Å²) >= 11 is 5.09. The zero-order valence-corrected chi connectivity index (χ0v) is 11.8. The third kappa shape index (κ3) is 4.10. The third-order valence-corrected chi connectivity index (χ3v) is 3.12. The topological polar surface area (TPSA) is 29.3 Å². The lowest BCUT2D eigenvalue weighted by Gasteiger charge is -2.26. The van der Waals surface area contributed by atoms with E-state index in [1.54, 1.807) is 0 Å². The second-order valence-corrected chi connectivity index (χ2v) is 5.03. The van der Waals surface area contributed by atoms with Crippen LogP contribution in [0.15, 0.2) is 24.3 Å². The Morgan fingerprint density at radius 1 is 1.35 bits per heavy atom. The molecule has 0 unspecified atom stereocenters. The maximum atomic E-state index is 5.75. The van der Waals surface area contributed by atoms with Gasteiger partial charge in [0, 0.05) is 18.2 Å². The van der Waals surface area contributed by atoms with Crippen molar-refractivity contribution in [3.8, 4) is 0 Å². The predicted molar refractivity (Wildman–Crippen MR) is 78.2 cm³/mol. The molecule has 1 rings (SSSR count). The Kier molecular flexibility index (Phi) is 5.59. The molecule has 3 heteroatoms. The van der Waals surface area contributed by atoms with E-state index < -0.39 is 0 Å². The van der Waals surface area contributed by atoms with Crippen LogP contribution in [-0.2, 0) is 6.54 Å². The number of nitrogens with zero attached hydrogens (tertiary/aromatic N) is 1. The molecule has 1 aromatic rings. The molecule has 94 valence electrons. The van der Waals surface area contributed by atoms with E-state index in [-0.39, 0.29) is 0 Å². The second kappa shape index (κ2) is 6.72. The standard InChI is InChI=1S/C14H22N2S/c1-4-9-16(11(2)3)10-12-7-5-6-8-13(12)14(15)17/h5-8,11H,4,9-10H2,1-3H3,(H2,15,17). The first-order chi connectivity index (χ1) is 8.06. The first-order valence-electron chi connectivity index (χ1n) is 6.18. The maximum Gasteiger partial charge on any atom is 0.104 e. The van der Waals surface area contributed by atoms with Crippen molar-refractivity contribution in [2.24, 2.45) is 5.73 Å². The Morgan fingerprint density at radius 2 is 2.00 bits per heavy atom. The average Bonchev–Trinajstić information content (AvgIpc) is 2.28. The first-order valence-corrected chi connectivity index (χ1v) is 6.58. The molecule has 0 saturated heterocycles. The van der Waals surface area contributed by atoms with Gasteiger partial charge in [-0.15, -0.1) is 0 Å². The highest BCUT2D eigenvalue weighted by Gasteiger charge is 2.12. The van der Waals surface area contributed by atoms with Crippen LogP contribution in [0.25, 0.3) is 0 Å². The highest BCUT2D eigenvalue weighted by molar-refractivity contribution is 7.80. The van der Waals surface area contributed by atoms with E-state index in [2.05, 4.69) is 31.7 Å². The molecule has 0 aromatic heterocycles. The van der Waals surface area contributed by atoms with Crippen LogP contribution in [0, 0.1) is 0 Å². The lowest BCUT2D eigenvalue weighted by atomic mass is 10.1. The van der Waals surface area contributed by atoms with Crippen molar-refractivity contribution in [2.75, 3.05) is 6.54 Å². The van der Waals surface area contributed by atoms with Gasteiger partial charge in [-0.05, 0) is 32.4 Å². The van der Waals surface area contributed by atoms with E-state index >= 15 is 0 Å². The number of nitrogens with two attached hydrogens (primary N) is 1. The van der Waals surface area contributed by atoms with Gasteiger partial charge in [0.05, 0.1) is 0 Å². The number of rotatable bonds is 6. The average molecular weight is 250 g/mol. The zero-order valence-electron chi connectivity index (χ0n) is 10.9. The van der Waals surface area contributed by atoms with E-state index in [9.17, 15) is 0 Å². The van der Waals surface area contributed by atoms with Gasteiger partial charge in [-0.25, -0.2) is 0 Å². The summed E-state index contributed by atoms with van der Waals surface area (Å²) < 4.78 is 0. The molecule has 0 aliphatic heterocycles. The Balaban J connectivity index is 2.88. The fourth-order valence-electron chi connectivity index (χ4n) is 1.92. The number of thiocarbonyl (C=S) groups is 1. The van der Waals surface area contributed by atoms with Crippen molar-refractivity contribution in [2.45, 2.75) is 39.8 Å².